The zero-order chi connectivity index (χ0) is 14.1. The number of hydrogen-bond donors (Lipinski definition) is 1. The summed E-state index contributed by atoms with van der Waals surface area (Å²) < 4.78 is 11.3. The molecule has 2 aromatic rings. The average molecular weight is 284 g/mol. The van der Waals surface area contributed by atoms with Crippen LogP contribution in [0.1, 0.15) is 25.7 Å². The van der Waals surface area contributed by atoms with Crippen molar-refractivity contribution in [2.45, 2.75) is 25.7 Å². The Hall–Kier alpha value is -1.97. The van der Waals surface area contributed by atoms with E-state index in [-0.39, 0.29) is 0 Å². The maximum absolute atomic E-state index is 5.68. The van der Waals surface area contributed by atoms with Crippen molar-refractivity contribution >= 4 is 16.6 Å². The number of aromatic nitrogens is 1. The third-order valence-corrected chi connectivity index (χ3v) is 4.50. The van der Waals surface area contributed by atoms with Gasteiger partial charge in [-0.1, -0.05) is 19.3 Å². The van der Waals surface area contributed by atoms with Crippen molar-refractivity contribution < 1.29 is 9.47 Å². The summed E-state index contributed by atoms with van der Waals surface area (Å²) in [6, 6.07) is 6.11. The van der Waals surface area contributed by atoms with Gasteiger partial charge in [0, 0.05) is 18.1 Å². The summed E-state index contributed by atoms with van der Waals surface area (Å²) in [6.45, 7) is 2.23. The Labute approximate surface area is 124 Å². The van der Waals surface area contributed by atoms with Crippen LogP contribution in [0.5, 0.6) is 11.5 Å². The monoisotopic (exact) mass is 284 g/mol. The van der Waals surface area contributed by atoms with E-state index in [1.807, 2.05) is 24.4 Å². The molecule has 2 heterocycles. The Balaban J connectivity index is 1.58. The SMILES string of the molecule is c1cc2cc3c(cc2c(NCCC2CCC2)n1)OCCO3. The second-order valence-corrected chi connectivity index (χ2v) is 5.89. The molecule has 4 rings (SSSR count). The lowest BCUT2D eigenvalue weighted by Gasteiger charge is -2.25. The summed E-state index contributed by atoms with van der Waals surface area (Å²) in [4.78, 5) is 4.49. The highest BCUT2D eigenvalue weighted by Gasteiger charge is 2.17. The van der Waals surface area contributed by atoms with Crippen LogP contribution in [-0.4, -0.2) is 24.7 Å². The van der Waals surface area contributed by atoms with E-state index in [0.29, 0.717) is 13.2 Å². The van der Waals surface area contributed by atoms with Gasteiger partial charge in [0.15, 0.2) is 11.5 Å². The number of ether oxygens (including phenoxy) is 2. The fourth-order valence-corrected chi connectivity index (χ4v) is 3.03. The molecule has 0 saturated heterocycles. The van der Waals surface area contributed by atoms with Crippen molar-refractivity contribution in [3.05, 3.63) is 24.4 Å². The van der Waals surface area contributed by atoms with Gasteiger partial charge in [0.05, 0.1) is 0 Å². The molecule has 0 radical (unpaired) electrons. The van der Waals surface area contributed by atoms with Gasteiger partial charge >= 0.3 is 0 Å². The summed E-state index contributed by atoms with van der Waals surface area (Å²) >= 11 is 0. The molecule has 1 aliphatic carbocycles. The Morgan fingerprint density at radius 3 is 2.71 bits per heavy atom. The quantitative estimate of drug-likeness (QED) is 0.931. The van der Waals surface area contributed by atoms with Crippen molar-refractivity contribution in [1.29, 1.82) is 0 Å². The average Bonchev–Trinajstić information content (AvgIpc) is 2.48. The molecule has 110 valence electrons. The highest BCUT2D eigenvalue weighted by atomic mass is 16.6. The van der Waals surface area contributed by atoms with E-state index in [1.165, 1.54) is 25.7 Å². The van der Waals surface area contributed by atoms with E-state index >= 15 is 0 Å². The van der Waals surface area contributed by atoms with Crippen LogP contribution in [0.25, 0.3) is 10.8 Å². The normalized spacial score (nSPS) is 17.5. The van der Waals surface area contributed by atoms with Gasteiger partial charge in [-0.15, -0.1) is 0 Å². The predicted octanol–water partition coefficient (Wildman–Crippen LogP) is 3.61. The maximum Gasteiger partial charge on any atom is 0.162 e. The molecule has 0 unspecified atom stereocenters. The topological polar surface area (TPSA) is 43.4 Å². The largest absolute Gasteiger partial charge is 0.486 e. The van der Waals surface area contributed by atoms with Crippen LogP contribution in [0.3, 0.4) is 0 Å². The summed E-state index contributed by atoms with van der Waals surface area (Å²) in [7, 11) is 0. The van der Waals surface area contributed by atoms with E-state index in [1.54, 1.807) is 0 Å². The minimum absolute atomic E-state index is 0.614. The van der Waals surface area contributed by atoms with Crippen LogP contribution in [0.4, 0.5) is 5.82 Å². The first-order valence-corrected chi connectivity index (χ1v) is 7.82. The molecule has 4 heteroatoms. The molecule has 4 nitrogen and oxygen atoms in total. The predicted molar refractivity (Wildman–Crippen MR) is 83.2 cm³/mol. The minimum Gasteiger partial charge on any atom is -0.486 e. The fraction of sp³-hybridized carbons (Fsp3) is 0.471. The number of nitrogens with zero attached hydrogens (tertiary/aromatic N) is 1. The lowest BCUT2D eigenvalue weighted by Crippen LogP contribution is -2.16. The van der Waals surface area contributed by atoms with Gasteiger partial charge in [0.1, 0.15) is 19.0 Å². The molecule has 0 amide bonds. The van der Waals surface area contributed by atoms with Crippen LogP contribution in [-0.2, 0) is 0 Å². The van der Waals surface area contributed by atoms with Crippen LogP contribution in [0.15, 0.2) is 24.4 Å². The Kier molecular flexibility index (Phi) is 3.30. The number of hydrogen-bond acceptors (Lipinski definition) is 4. The number of benzene rings is 1. The van der Waals surface area contributed by atoms with Crippen molar-refractivity contribution in [3.63, 3.8) is 0 Å². The van der Waals surface area contributed by atoms with Crippen molar-refractivity contribution in [2.24, 2.45) is 5.92 Å². The van der Waals surface area contributed by atoms with Crippen molar-refractivity contribution in [3.8, 4) is 11.5 Å². The van der Waals surface area contributed by atoms with Gasteiger partial charge in [-0.2, -0.15) is 0 Å². The lowest BCUT2D eigenvalue weighted by atomic mass is 9.83. The van der Waals surface area contributed by atoms with Gasteiger partial charge in [-0.05, 0) is 35.9 Å². The second-order valence-electron chi connectivity index (χ2n) is 5.89. The van der Waals surface area contributed by atoms with Gasteiger partial charge in [0.25, 0.3) is 0 Å². The molecule has 1 aromatic heterocycles. The molecule has 1 fully saturated rings. The summed E-state index contributed by atoms with van der Waals surface area (Å²) in [5, 5.41) is 5.73. The smallest absolute Gasteiger partial charge is 0.162 e. The molecule has 1 aromatic carbocycles. The zero-order valence-electron chi connectivity index (χ0n) is 12.1. The van der Waals surface area contributed by atoms with Crippen LogP contribution in [0.2, 0.25) is 0 Å². The standard InChI is InChI=1S/C17H20N2O2/c1-2-12(3-1)4-6-18-17-14-11-16-15(20-8-9-21-16)10-13(14)5-7-19-17/h5,7,10-12H,1-4,6,8-9H2,(H,18,19). The van der Waals surface area contributed by atoms with Gasteiger partial charge in [0.2, 0.25) is 0 Å². The lowest BCUT2D eigenvalue weighted by molar-refractivity contribution is 0.172. The highest BCUT2D eigenvalue weighted by Crippen LogP contribution is 2.36. The molecule has 0 spiro atoms. The first-order chi connectivity index (χ1) is 10.4. The number of pyridine rings is 1. The summed E-state index contributed by atoms with van der Waals surface area (Å²) in [5.41, 5.74) is 0. The van der Waals surface area contributed by atoms with Crippen molar-refractivity contribution in [1.82, 2.24) is 4.98 Å². The molecule has 2 aliphatic rings. The number of fused-ring (bicyclic) bond motifs is 2. The Bertz CT molecular complexity index is 653. The Morgan fingerprint density at radius 2 is 1.95 bits per heavy atom. The molecule has 1 aliphatic heterocycles. The van der Waals surface area contributed by atoms with Gasteiger partial charge in [-0.3, -0.25) is 0 Å². The summed E-state index contributed by atoms with van der Waals surface area (Å²) in [6.07, 6.45) is 7.28. The molecule has 0 bridgehead atoms. The van der Waals surface area contributed by atoms with E-state index in [4.69, 9.17) is 9.47 Å². The number of anilines is 1. The molecule has 1 saturated carbocycles. The molecule has 21 heavy (non-hydrogen) atoms. The Morgan fingerprint density at radius 1 is 1.14 bits per heavy atom. The fourth-order valence-electron chi connectivity index (χ4n) is 3.03. The third-order valence-electron chi connectivity index (χ3n) is 4.50. The van der Waals surface area contributed by atoms with Crippen LogP contribution >= 0.6 is 0 Å². The highest BCUT2D eigenvalue weighted by molar-refractivity contribution is 5.94. The van der Waals surface area contributed by atoms with Gasteiger partial charge in [-0.25, -0.2) is 4.98 Å². The van der Waals surface area contributed by atoms with Crippen LogP contribution < -0.4 is 14.8 Å². The summed E-state index contributed by atoms with van der Waals surface area (Å²) in [5.74, 6) is 3.52. The van der Waals surface area contributed by atoms with E-state index in [2.05, 4.69) is 10.3 Å². The minimum atomic E-state index is 0.614. The molecule has 1 N–H and O–H groups in total. The first-order valence-electron chi connectivity index (χ1n) is 7.82. The first kappa shape index (κ1) is 12.7. The zero-order valence-corrected chi connectivity index (χ0v) is 12.1. The second kappa shape index (κ2) is 5.43. The maximum atomic E-state index is 5.68. The van der Waals surface area contributed by atoms with Crippen molar-refractivity contribution in [2.75, 3.05) is 25.1 Å². The number of nitrogens with one attached hydrogen (secondary N) is 1. The van der Waals surface area contributed by atoms with Gasteiger partial charge < -0.3 is 14.8 Å². The third kappa shape index (κ3) is 2.50. The van der Waals surface area contributed by atoms with E-state index in [0.717, 1.165) is 40.6 Å². The van der Waals surface area contributed by atoms with E-state index in [9.17, 15) is 0 Å². The molecule has 0 atom stereocenters. The molecular formula is C17H20N2O2. The molecular weight excluding hydrogens is 264 g/mol. The van der Waals surface area contributed by atoms with Crippen LogP contribution in [0, 0.1) is 5.92 Å². The van der Waals surface area contributed by atoms with E-state index < -0.39 is 0 Å². The number of rotatable bonds is 4.